The van der Waals surface area contributed by atoms with E-state index >= 15 is 0 Å². The number of aryl methyl sites for hydroxylation is 1. The minimum absolute atomic E-state index is 0.164. The Kier molecular flexibility index (Phi) is 4.64. The Morgan fingerprint density at radius 3 is 2.75 bits per heavy atom. The van der Waals surface area contributed by atoms with Crippen molar-refractivity contribution in [3.05, 3.63) is 73.0 Å². The first-order valence-corrected chi connectivity index (χ1v) is 7.94. The largest absolute Gasteiger partial charge is 0.490 e. The molecule has 5 nitrogen and oxygen atoms in total. The number of nitrogens with zero attached hydrogens (tertiary/aromatic N) is 1. The molecule has 3 rings (SSSR count). The van der Waals surface area contributed by atoms with Crippen molar-refractivity contribution in [1.29, 1.82) is 0 Å². The highest BCUT2D eigenvalue weighted by atomic mass is 35.5. The maximum absolute atomic E-state index is 12.1. The molecule has 24 heavy (non-hydrogen) atoms. The smallest absolute Gasteiger partial charge is 0.422 e. The van der Waals surface area contributed by atoms with Crippen LogP contribution in [0.25, 0.3) is 10.9 Å². The van der Waals surface area contributed by atoms with Gasteiger partial charge in [0.25, 0.3) is 0 Å². The normalized spacial score (nSPS) is 11.0. The molecule has 0 amide bonds. The van der Waals surface area contributed by atoms with Gasteiger partial charge in [0.15, 0.2) is 0 Å². The van der Waals surface area contributed by atoms with E-state index in [9.17, 15) is 9.59 Å². The van der Waals surface area contributed by atoms with Crippen molar-refractivity contribution in [3.63, 3.8) is 0 Å². The number of rotatable bonds is 4. The first-order valence-electron chi connectivity index (χ1n) is 7.18. The van der Waals surface area contributed by atoms with E-state index in [0.717, 1.165) is 5.56 Å². The van der Waals surface area contributed by atoms with Crippen molar-refractivity contribution in [1.82, 2.24) is 4.57 Å². The number of fused-ring (bicyclic) bond motifs is 1. The van der Waals surface area contributed by atoms with Crippen LogP contribution in [0.1, 0.15) is 5.56 Å². The van der Waals surface area contributed by atoms with E-state index < -0.39 is 11.4 Å². The van der Waals surface area contributed by atoms with Gasteiger partial charge in [-0.3, -0.25) is 4.57 Å². The summed E-state index contributed by atoms with van der Waals surface area (Å²) < 4.78 is 11.8. The van der Waals surface area contributed by atoms with Gasteiger partial charge in [-0.2, -0.15) is 0 Å². The minimum Gasteiger partial charge on any atom is -0.490 e. The Morgan fingerprint density at radius 1 is 1.17 bits per heavy atom. The van der Waals surface area contributed by atoms with Gasteiger partial charge >= 0.3 is 11.4 Å². The average molecular weight is 366 g/mol. The Bertz CT molecular complexity index is 1020. The molecule has 0 bridgehead atoms. The Hall–Kier alpha value is -2.24. The third-order valence-electron chi connectivity index (χ3n) is 3.59. The summed E-state index contributed by atoms with van der Waals surface area (Å²) in [6.45, 7) is 2.19. The number of halogens is 2. The lowest BCUT2D eigenvalue weighted by Crippen LogP contribution is -2.27. The number of para-hydroxylation sites is 1. The summed E-state index contributed by atoms with van der Waals surface area (Å²) in [5.41, 5.74) is 0.701. The molecule has 0 aliphatic heterocycles. The molecule has 1 aromatic heterocycles. The van der Waals surface area contributed by atoms with E-state index in [0.29, 0.717) is 26.7 Å². The molecule has 3 aromatic rings. The average Bonchev–Trinajstić information content (AvgIpc) is 2.54. The van der Waals surface area contributed by atoms with Gasteiger partial charge in [0.2, 0.25) is 0 Å². The van der Waals surface area contributed by atoms with Crippen LogP contribution in [0.5, 0.6) is 5.75 Å². The second-order valence-corrected chi connectivity index (χ2v) is 6.04. The molecule has 1 heterocycles. The molecule has 0 aliphatic carbocycles. The van der Waals surface area contributed by atoms with Crippen molar-refractivity contribution < 1.29 is 9.15 Å². The van der Waals surface area contributed by atoms with E-state index in [1.54, 1.807) is 30.3 Å². The number of hydrogen-bond acceptors (Lipinski definition) is 4. The summed E-state index contributed by atoms with van der Waals surface area (Å²) in [5.74, 6) is -0.293. The second-order valence-electron chi connectivity index (χ2n) is 5.20. The Labute approximate surface area is 147 Å². The molecule has 7 heteroatoms. The van der Waals surface area contributed by atoms with Gasteiger partial charge in [0.1, 0.15) is 12.4 Å². The lowest BCUT2D eigenvalue weighted by molar-refractivity contribution is 0.287. The zero-order valence-electron chi connectivity index (χ0n) is 12.7. The standard InChI is InChI=1S/C17H13Cl2NO4/c1-10-3-2-4-12-15(10)20(17(22)24-16(12)21)7-8-23-14-9-11(18)5-6-13(14)19/h2-6,9H,7-8H2,1H3. The van der Waals surface area contributed by atoms with Gasteiger partial charge in [-0.05, 0) is 30.7 Å². The van der Waals surface area contributed by atoms with Crippen molar-refractivity contribution in [2.24, 2.45) is 0 Å². The van der Waals surface area contributed by atoms with Crippen LogP contribution >= 0.6 is 23.2 Å². The van der Waals surface area contributed by atoms with Crippen LogP contribution in [-0.2, 0) is 6.54 Å². The summed E-state index contributed by atoms with van der Waals surface area (Å²) in [6, 6.07) is 10.1. The van der Waals surface area contributed by atoms with E-state index in [-0.39, 0.29) is 13.2 Å². The fraction of sp³-hybridized carbons (Fsp3) is 0.176. The summed E-state index contributed by atoms with van der Waals surface area (Å²) >= 11 is 11.9. The summed E-state index contributed by atoms with van der Waals surface area (Å²) in [5, 5.41) is 1.28. The molecule has 0 saturated heterocycles. The van der Waals surface area contributed by atoms with E-state index in [2.05, 4.69) is 0 Å². The Balaban J connectivity index is 1.92. The molecule has 0 atom stereocenters. The van der Waals surface area contributed by atoms with Gasteiger partial charge in [0, 0.05) is 11.1 Å². The quantitative estimate of drug-likeness (QED) is 0.707. The summed E-state index contributed by atoms with van der Waals surface area (Å²) in [4.78, 5) is 23.9. The lowest BCUT2D eigenvalue weighted by atomic mass is 10.1. The molecule has 0 fully saturated rings. The maximum atomic E-state index is 12.1. The predicted octanol–water partition coefficient (Wildman–Crippen LogP) is 3.65. The summed E-state index contributed by atoms with van der Waals surface area (Å²) in [7, 11) is 0. The van der Waals surface area contributed by atoms with Gasteiger partial charge in [-0.25, -0.2) is 9.59 Å². The van der Waals surface area contributed by atoms with Crippen LogP contribution in [0, 0.1) is 6.92 Å². The fourth-order valence-electron chi connectivity index (χ4n) is 2.50. The number of ether oxygens (including phenoxy) is 1. The van der Waals surface area contributed by atoms with Crippen molar-refractivity contribution >= 4 is 34.1 Å². The van der Waals surface area contributed by atoms with E-state index in [1.165, 1.54) is 4.57 Å². The van der Waals surface area contributed by atoms with Gasteiger partial charge < -0.3 is 9.15 Å². The van der Waals surface area contributed by atoms with Crippen molar-refractivity contribution in [2.45, 2.75) is 13.5 Å². The monoisotopic (exact) mass is 365 g/mol. The highest BCUT2D eigenvalue weighted by Crippen LogP contribution is 2.27. The van der Waals surface area contributed by atoms with Gasteiger partial charge in [-0.15, -0.1) is 0 Å². The molecule has 0 saturated carbocycles. The fourth-order valence-corrected chi connectivity index (χ4v) is 2.83. The van der Waals surface area contributed by atoms with Crippen LogP contribution in [0.4, 0.5) is 0 Å². The molecular weight excluding hydrogens is 353 g/mol. The van der Waals surface area contributed by atoms with Crippen LogP contribution < -0.4 is 16.1 Å². The Morgan fingerprint density at radius 2 is 1.96 bits per heavy atom. The zero-order chi connectivity index (χ0) is 17.3. The molecule has 0 spiro atoms. The van der Waals surface area contributed by atoms with Crippen LogP contribution in [0.3, 0.4) is 0 Å². The lowest BCUT2D eigenvalue weighted by Gasteiger charge is -2.12. The first-order chi connectivity index (χ1) is 11.5. The first kappa shape index (κ1) is 16.6. The van der Waals surface area contributed by atoms with Crippen LogP contribution in [-0.4, -0.2) is 11.2 Å². The van der Waals surface area contributed by atoms with Gasteiger partial charge in [-0.1, -0.05) is 35.3 Å². The van der Waals surface area contributed by atoms with Crippen LogP contribution in [0.15, 0.2) is 50.4 Å². The molecular formula is C17H13Cl2NO4. The summed E-state index contributed by atoms with van der Waals surface area (Å²) in [6.07, 6.45) is 0. The van der Waals surface area contributed by atoms with Crippen molar-refractivity contribution in [3.8, 4) is 5.75 Å². The number of hydrogen-bond donors (Lipinski definition) is 0. The number of aromatic nitrogens is 1. The van der Waals surface area contributed by atoms with Crippen LogP contribution in [0.2, 0.25) is 10.0 Å². The molecule has 0 radical (unpaired) electrons. The van der Waals surface area contributed by atoms with Gasteiger partial charge in [0.05, 0.1) is 22.5 Å². The zero-order valence-corrected chi connectivity index (χ0v) is 14.2. The molecule has 0 N–H and O–H groups in total. The topological polar surface area (TPSA) is 61.4 Å². The maximum Gasteiger partial charge on any atom is 0.422 e. The highest BCUT2D eigenvalue weighted by Gasteiger charge is 2.12. The minimum atomic E-state index is -0.720. The van der Waals surface area contributed by atoms with E-state index in [1.807, 2.05) is 13.0 Å². The number of benzene rings is 2. The third-order valence-corrected chi connectivity index (χ3v) is 4.14. The third kappa shape index (κ3) is 3.18. The van der Waals surface area contributed by atoms with Crippen molar-refractivity contribution in [2.75, 3.05) is 6.61 Å². The van der Waals surface area contributed by atoms with E-state index in [4.69, 9.17) is 32.4 Å². The highest BCUT2D eigenvalue weighted by molar-refractivity contribution is 6.34. The molecule has 0 aliphatic rings. The second kappa shape index (κ2) is 6.71. The molecule has 124 valence electrons. The SMILES string of the molecule is Cc1cccc2c(=O)oc(=O)n(CCOc3cc(Cl)ccc3Cl)c12. The molecule has 0 unspecified atom stereocenters. The molecule has 2 aromatic carbocycles. The predicted molar refractivity (Wildman–Crippen MR) is 93.4 cm³/mol.